The number of rotatable bonds is 6. The van der Waals surface area contributed by atoms with Crippen molar-refractivity contribution in [1.29, 1.82) is 0 Å². The van der Waals surface area contributed by atoms with E-state index in [0.717, 1.165) is 37.1 Å². The van der Waals surface area contributed by atoms with E-state index in [-0.39, 0.29) is 11.7 Å². The molecule has 4 rings (SSSR count). The summed E-state index contributed by atoms with van der Waals surface area (Å²) in [6, 6.07) is 4.96. The molecule has 2 heterocycles. The Labute approximate surface area is 169 Å². The van der Waals surface area contributed by atoms with E-state index in [4.69, 9.17) is 4.52 Å². The van der Waals surface area contributed by atoms with Gasteiger partial charge in [0.1, 0.15) is 5.82 Å². The van der Waals surface area contributed by atoms with Gasteiger partial charge in [0.2, 0.25) is 11.7 Å². The molecule has 1 atom stereocenters. The number of nitrogens with zero attached hydrogens (tertiary/aromatic N) is 6. The lowest BCUT2D eigenvalue weighted by molar-refractivity contribution is 0.336. The maximum absolute atomic E-state index is 14.1. The molecule has 0 fully saturated rings. The fourth-order valence-corrected chi connectivity index (χ4v) is 3.83. The third-order valence-electron chi connectivity index (χ3n) is 5.21. The van der Waals surface area contributed by atoms with Gasteiger partial charge in [-0.2, -0.15) is 4.98 Å². The first kappa shape index (κ1) is 19.7. The molecule has 0 N–H and O–H groups in total. The van der Waals surface area contributed by atoms with Crippen molar-refractivity contribution in [1.82, 2.24) is 30.0 Å². The SMILES string of the molecule is CC(C)Cn1nnc2c1CC(c1nc(-c3ccc(F)c(CN(C)C)c3)no1)CC2. The monoisotopic (exact) mass is 398 g/mol. The standard InChI is InChI=1S/C21H27FN6O/c1-13(2)11-28-19-10-15(6-8-18(19)24-26-28)21-23-20(25-29-21)14-5-7-17(22)16(9-14)12-27(3)4/h5,7,9,13,15H,6,8,10-12H2,1-4H3. The van der Waals surface area contributed by atoms with Gasteiger partial charge in [-0.15, -0.1) is 5.10 Å². The van der Waals surface area contributed by atoms with Crippen molar-refractivity contribution in [2.75, 3.05) is 14.1 Å². The van der Waals surface area contributed by atoms with Crippen LogP contribution in [0.4, 0.5) is 4.39 Å². The Morgan fingerprint density at radius 3 is 2.90 bits per heavy atom. The van der Waals surface area contributed by atoms with E-state index in [1.54, 1.807) is 12.1 Å². The van der Waals surface area contributed by atoms with Crippen LogP contribution in [0, 0.1) is 11.7 Å². The molecule has 0 bridgehead atoms. The second-order valence-electron chi connectivity index (χ2n) is 8.50. The summed E-state index contributed by atoms with van der Waals surface area (Å²) >= 11 is 0. The van der Waals surface area contributed by atoms with Crippen LogP contribution in [0.25, 0.3) is 11.4 Å². The van der Waals surface area contributed by atoms with Gasteiger partial charge in [0, 0.05) is 36.6 Å². The lowest BCUT2D eigenvalue weighted by atomic mass is 9.89. The Morgan fingerprint density at radius 1 is 1.31 bits per heavy atom. The molecular weight excluding hydrogens is 371 g/mol. The van der Waals surface area contributed by atoms with Gasteiger partial charge < -0.3 is 9.42 Å². The normalized spacial score (nSPS) is 16.6. The number of aryl methyl sites for hydroxylation is 1. The Balaban J connectivity index is 1.55. The Bertz CT molecular complexity index is 993. The topological polar surface area (TPSA) is 72.9 Å². The van der Waals surface area contributed by atoms with Crippen molar-refractivity contribution >= 4 is 0 Å². The average molecular weight is 398 g/mol. The second kappa shape index (κ2) is 8.02. The van der Waals surface area contributed by atoms with E-state index < -0.39 is 0 Å². The lowest BCUT2D eigenvalue weighted by Gasteiger charge is -2.19. The molecule has 29 heavy (non-hydrogen) atoms. The maximum atomic E-state index is 14.1. The zero-order chi connectivity index (χ0) is 20.5. The minimum Gasteiger partial charge on any atom is -0.339 e. The van der Waals surface area contributed by atoms with Crippen LogP contribution >= 0.6 is 0 Å². The van der Waals surface area contributed by atoms with Crippen molar-refractivity contribution in [2.45, 2.75) is 52.1 Å². The van der Waals surface area contributed by atoms with Gasteiger partial charge in [-0.05, 0) is 51.1 Å². The van der Waals surface area contributed by atoms with Gasteiger partial charge in [-0.1, -0.05) is 24.2 Å². The van der Waals surface area contributed by atoms with Crippen LogP contribution in [-0.4, -0.2) is 44.1 Å². The summed E-state index contributed by atoms with van der Waals surface area (Å²) in [5.74, 6) is 1.55. The van der Waals surface area contributed by atoms with Gasteiger partial charge in [0.05, 0.1) is 11.4 Å². The first-order valence-electron chi connectivity index (χ1n) is 10.1. The van der Waals surface area contributed by atoms with E-state index in [2.05, 4.69) is 34.3 Å². The van der Waals surface area contributed by atoms with Gasteiger partial charge in [0.15, 0.2) is 0 Å². The zero-order valence-corrected chi connectivity index (χ0v) is 17.4. The Morgan fingerprint density at radius 2 is 2.14 bits per heavy atom. The highest BCUT2D eigenvalue weighted by atomic mass is 19.1. The molecule has 0 saturated carbocycles. The van der Waals surface area contributed by atoms with Crippen molar-refractivity contribution in [3.63, 3.8) is 0 Å². The maximum Gasteiger partial charge on any atom is 0.230 e. The lowest BCUT2D eigenvalue weighted by Crippen LogP contribution is -2.18. The Kier molecular flexibility index (Phi) is 5.45. The third kappa shape index (κ3) is 4.22. The molecule has 1 aromatic carbocycles. The molecule has 3 aromatic rings. The predicted octanol–water partition coefficient (Wildman–Crippen LogP) is 3.46. The first-order chi connectivity index (χ1) is 13.9. The van der Waals surface area contributed by atoms with E-state index in [1.807, 2.05) is 23.7 Å². The highest BCUT2D eigenvalue weighted by Gasteiger charge is 2.29. The quantitative estimate of drug-likeness (QED) is 0.633. The zero-order valence-electron chi connectivity index (χ0n) is 17.4. The van der Waals surface area contributed by atoms with Crippen molar-refractivity contribution in [3.05, 3.63) is 46.9 Å². The molecule has 2 aromatic heterocycles. The summed E-state index contributed by atoms with van der Waals surface area (Å²) < 4.78 is 21.7. The van der Waals surface area contributed by atoms with E-state index in [0.29, 0.717) is 29.7 Å². The highest BCUT2D eigenvalue weighted by molar-refractivity contribution is 5.55. The minimum atomic E-state index is -0.225. The average Bonchev–Trinajstić information content (AvgIpc) is 3.30. The van der Waals surface area contributed by atoms with Crippen molar-refractivity contribution < 1.29 is 8.91 Å². The van der Waals surface area contributed by atoms with Gasteiger partial charge in [-0.3, -0.25) is 0 Å². The fourth-order valence-electron chi connectivity index (χ4n) is 3.83. The van der Waals surface area contributed by atoms with Gasteiger partial charge in [-0.25, -0.2) is 9.07 Å². The van der Waals surface area contributed by atoms with Crippen LogP contribution in [0.1, 0.15) is 49.0 Å². The Hall–Kier alpha value is -2.61. The number of benzene rings is 1. The van der Waals surface area contributed by atoms with Gasteiger partial charge in [0.25, 0.3) is 0 Å². The number of aromatic nitrogens is 5. The summed E-state index contributed by atoms with van der Waals surface area (Å²) in [5.41, 5.74) is 3.63. The molecule has 1 unspecified atom stereocenters. The molecule has 1 aliphatic rings. The minimum absolute atomic E-state index is 0.148. The van der Waals surface area contributed by atoms with Crippen LogP contribution in [0.5, 0.6) is 0 Å². The van der Waals surface area contributed by atoms with Crippen LogP contribution < -0.4 is 0 Å². The molecular formula is C21H27FN6O. The molecule has 0 saturated heterocycles. The number of hydrogen-bond donors (Lipinski definition) is 0. The van der Waals surface area contributed by atoms with Crippen LogP contribution in [0.2, 0.25) is 0 Å². The molecule has 0 aliphatic heterocycles. The summed E-state index contributed by atoms with van der Waals surface area (Å²) in [6.07, 6.45) is 2.57. The molecule has 7 nitrogen and oxygen atoms in total. The molecule has 0 amide bonds. The summed E-state index contributed by atoms with van der Waals surface area (Å²) in [7, 11) is 3.82. The van der Waals surface area contributed by atoms with E-state index in [9.17, 15) is 4.39 Å². The number of fused-ring (bicyclic) bond motifs is 1. The molecule has 8 heteroatoms. The highest BCUT2D eigenvalue weighted by Crippen LogP contribution is 2.32. The fraction of sp³-hybridized carbons (Fsp3) is 0.524. The molecule has 0 radical (unpaired) electrons. The number of hydrogen-bond acceptors (Lipinski definition) is 6. The molecule has 154 valence electrons. The predicted molar refractivity (Wildman–Crippen MR) is 107 cm³/mol. The smallest absolute Gasteiger partial charge is 0.230 e. The largest absolute Gasteiger partial charge is 0.339 e. The number of halogens is 1. The van der Waals surface area contributed by atoms with Crippen LogP contribution in [0.3, 0.4) is 0 Å². The van der Waals surface area contributed by atoms with Gasteiger partial charge >= 0.3 is 0 Å². The van der Waals surface area contributed by atoms with Crippen molar-refractivity contribution in [2.24, 2.45) is 5.92 Å². The van der Waals surface area contributed by atoms with Crippen molar-refractivity contribution in [3.8, 4) is 11.4 Å². The third-order valence-corrected chi connectivity index (χ3v) is 5.21. The summed E-state index contributed by atoms with van der Waals surface area (Å²) in [6.45, 7) is 5.72. The van der Waals surface area contributed by atoms with Crippen LogP contribution in [-0.2, 0) is 25.9 Å². The second-order valence-corrected chi connectivity index (χ2v) is 8.50. The van der Waals surface area contributed by atoms with Crippen LogP contribution in [0.15, 0.2) is 22.7 Å². The summed E-state index contributed by atoms with van der Waals surface area (Å²) in [5, 5.41) is 12.8. The van der Waals surface area contributed by atoms with E-state index >= 15 is 0 Å². The molecule has 1 aliphatic carbocycles. The summed E-state index contributed by atoms with van der Waals surface area (Å²) in [4.78, 5) is 6.57. The first-order valence-corrected chi connectivity index (χ1v) is 10.1. The van der Waals surface area contributed by atoms with E-state index in [1.165, 1.54) is 11.8 Å². The molecule has 0 spiro atoms.